The van der Waals surface area contributed by atoms with Crippen molar-refractivity contribution in [1.29, 1.82) is 0 Å². The lowest BCUT2D eigenvalue weighted by Crippen LogP contribution is -1.62. The number of rotatable bonds is 0. The van der Waals surface area contributed by atoms with Gasteiger partial charge in [0.25, 0.3) is 0 Å². The molecule has 0 saturated heterocycles. The lowest BCUT2D eigenvalue weighted by molar-refractivity contribution is 0.410. The van der Waals surface area contributed by atoms with Crippen LogP contribution in [0.5, 0.6) is 0 Å². The number of hydrogen-bond acceptors (Lipinski definition) is 2. The summed E-state index contributed by atoms with van der Waals surface area (Å²) in [5, 5.41) is 16.8. The molecule has 2 N–H and O–H groups in total. The minimum atomic E-state index is 0.0124. The van der Waals surface area contributed by atoms with Gasteiger partial charge in [-0.25, -0.2) is 0 Å². The number of hydrogen-bond donors (Lipinski definition) is 2. The van der Waals surface area contributed by atoms with Gasteiger partial charge in [0.15, 0.2) is 0 Å². The topological polar surface area (TPSA) is 40.5 Å². The predicted molar refractivity (Wildman–Crippen MR) is 30.7 cm³/mol. The van der Waals surface area contributed by atoms with Crippen molar-refractivity contribution >= 4 is 0 Å². The van der Waals surface area contributed by atoms with Crippen molar-refractivity contribution in [3.05, 3.63) is 23.0 Å². The molecule has 0 radical (unpaired) electrons. The van der Waals surface area contributed by atoms with Gasteiger partial charge in [-0.15, -0.1) is 0 Å². The third kappa shape index (κ3) is 4.90. The lowest BCUT2D eigenvalue weighted by atomic mass is 10.5. The largest absolute Gasteiger partial charge is 0.504 e. The molecule has 0 spiro atoms. The monoisotopic (exact) mass is 112 g/mol. The quantitative estimate of drug-likeness (QED) is 0.369. The van der Waals surface area contributed by atoms with Crippen LogP contribution in [0, 0.1) is 0 Å². The first-order valence-electron chi connectivity index (χ1n) is 2.20. The van der Waals surface area contributed by atoms with Gasteiger partial charge in [0.05, 0.1) is 0 Å². The molecular weight excluding hydrogens is 104 g/mol. The van der Waals surface area contributed by atoms with E-state index in [4.69, 9.17) is 10.2 Å². The lowest BCUT2D eigenvalue weighted by Gasteiger charge is -1.74. The van der Waals surface area contributed by atoms with Crippen molar-refractivity contribution in [2.75, 3.05) is 0 Å². The van der Waals surface area contributed by atoms with E-state index < -0.39 is 0 Å². The fourth-order valence-corrected chi connectivity index (χ4v) is 0.181. The van der Waals surface area contributed by atoms with E-state index in [0.29, 0.717) is 0 Å². The van der Waals surface area contributed by atoms with Gasteiger partial charge in [0.2, 0.25) is 0 Å². The van der Waals surface area contributed by atoms with Crippen molar-refractivity contribution in [3.63, 3.8) is 0 Å². The smallest absolute Gasteiger partial charge is 0.140 e. The third-order valence-corrected chi connectivity index (χ3v) is 0.424. The van der Waals surface area contributed by atoms with Gasteiger partial charge in [-0.05, 0) is 11.5 Å². The summed E-state index contributed by atoms with van der Waals surface area (Å²) in [6.45, 7) is 2.91. The molecule has 0 aliphatic carbocycles. The van der Waals surface area contributed by atoms with Crippen LogP contribution in [-0.2, 0) is 0 Å². The minimum Gasteiger partial charge on any atom is -0.504 e. The fraction of sp³-hybridized carbons (Fsp3) is 0.333. The second-order valence-corrected chi connectivity index (χ2v) is 1.42. The number of aliphatic hydroxyl groups is 2. The average molecular weight is 112 g/mol. The van der Waals surface area contributed by atoms with Crippen LogP contribution in [-0.4, -0.2) is 10.2 Å². The van der Waals surface area contributed by atoms with Crippen molar-refractivity contribution in [2.45, 2.75) is 13.8 Å². The Labute approximate surface area is 48.1 Å². The highest BCUT2D eigenvalue weighted by Crippen LogP contribution is 1.79. The summed E-state index contributed by atoms with van der Waals surface area (Å²) in [5.74, 6) is 0.0248. The van der Waals surface area contributed by atoms with E-state index in [1.54, 1.807) is 0 Å². The molecule has 0 fully saturated rings. The van der Waals surface area contributed by atoms with Crippen molar-refractivity contribution in [1.82, 2.24) is 0 Å². The third-order valence-electron chi connectivity index (χ3n) is 0.424. The van der Waals surface area contributed by atoms with Gasteiger partial charge in [-0.1, -0.05) is 0 Å². The number of allylic oxidation sites excluding steroid dienone is 2. The molecule has 0 bridgehead atoms. The Bertz CT molecular complexity index is 139. The Balaban J connectivity index is 4.47. The summed E-state index contributed by atoms with van der Waals surface area (Å²) in [6, 6.07) is 0. The Morgan fingerprint density at radius 1 is 1.00 bits per heavy atom. The van der Waals surface area contributed by atoms with Crippen LogP contribution in [0.1, 0.15) is 13.8 Å². The van der Waals surface area contributed by atoms with Crippen LogP contribution in [0.4, 0.5) is 0 Å². The van der Waals surface area contributed by atoms with Crippen molar-refractivity contribution in [3.8, 4) is 0 Å². The summed E-state index contributed by atoms with van der Waals surface area (Å²) in [7, 11) is 0. The molecule has 2 heteroatoms. The zero-order valence-electron chi connectivity index (χ0n) is 4.89. The van der Waals surface area contributed by atoms with Gasteiger partial charge in [-0.3, -0.25) is 0 Å². The molecule has 0 aliphatic rings. The molecule has 0 unspecified atom stereocenters. The Hall–Kier alpha value is -1.10. The van der Waals surface area contributed by atoms with Crippen LogP contribution in [0.25, 0.3) is 0 Å². The Kier molecular flexibility index (Phi) is 2.57. The summed E-state index contributed by atoms with van der Waals surface area (Å²) in [4.78, 5) is 0. The summed E-state index contributed by atoms with van der Waals surface area (Å²) >= 11 is 0. The summed E-state index contributed by atoms with van der Waals surface area (Å²) < 4.78 is 0. The highest BCUT2D eigenvalue weighted by Gasteiger charge is 1.69. The van der Waals surface area contributed by atoms with Gasteiger partial charge in [0, 0.05) is 13.8 Å². The molecule has 0 amide bonds. The fourth-order valence-electron chi connectivity index (χ4n) is 0.181. The highest BCUT2D eigenvalue weighted by molar-refractivity contribution is 4.91. The second-order valence-electron chi connectivity index (χ2n) is 1.42. The maximum atomic E-state index is 8.42. The first-order valence-corrected chi connectivity index (χ1v) is 2.20. The molecule has 0 rings (SSSR count). The summed E-state index contributed by atoms with van der Waals surface area (Å²) in [5.41, 5.74) is 4.56. The molecule has 0 aromatic carbocycles. The van der Waals surface area contributed by atoms with Gasteiger partial charge in [0.1, 0.15) is 11.5 Å². The van der Waals surface area contributed by atoms with Crippen LogP contribution in [0.2, 0.25) is 0 Å². The van der Waals surface area contributed by atoms with E-state index in [2.05, 4.69) is 11.5 Å². The zero-order valence-corrected chi connectivity index (χ0v) is 4.89. The molecule has 0 aliphatic heterocycles. The molecule has 8 heavy (non-hydrogen) atoms. The maximum Gasteiger partial charge on any atom is 0.140 e. The Morgan fingerprint density at radius 3 is 1.38 bits per heavy atom. The van der Waals surface area contributed by atoms with E-state index in [1.165, 1.54) is 13.8 Å². The van der Waals surface area contributed by atoms with E-state index in [9.17, 15) is 0 Å². The van der Waals surface area contributed by atoms with E-state index in [0.717, 1.165) is 0 Å². The van der Waals surface area contributed by atoms with Crippen LogP contribution < -0.4 is 0 Å². The van der Waals surface area contributed by atoms with E-state index in [-0.39, 0.29) is 11.5 Å². The normalized spacial score (nSPS) is 6.75. The standard InChI is InChI=1S/C6H8O2/c1-5(7)3-4-6(2)8/h7-8H,1-2H3. The van der Waals surface area contributed by atoms with E-state index in [1.807, 2.05) is 0 Å². The second kappa shape index (κ2) is 2.98. The SMILES string of the molecule is CC(O)=C=C=C(C)O. The molecule has 0 atom stereocenters. The molecule has 0 aromatic rings. The molecule has 44 valence electrons. The van der Waals surface area contributed by atoms with Crippen LogP contribution in [0.15, 0.2) is 23.0 Å². The first-order chi connectivity index (χ1) is 3.63. The highest BCUT2D eigenvalue weighted by atomic mass is 16.3. The number of aliphatic hydroxyl groups excluding tert-OH is 2. The molecular formula is C6H8O2. The van der Waals surface area contributed by atoms with Gasteiger partial charge < -0.3 is 10.2 Å². The molecule has 0 aromatic heterocycles. The van der Waals surface area contributed by atoms with E-state index >= 15 is 0 Å². The average Bonchev–Trinajstić information content (AvgIpc) is 1.61. The van der Waals surface area contributed by atoms with Crippen molar-refractivity contribution in [2.24, 2.45) is 0 Å². The van der Waals surface area contributed by atoms with Crippen molar-refractivity contribution < 1.29 is 10.2 Å². The van der Waals surface area contributed by atoms with Gasteiger partial charge >= 0.3 is 0 Å². The molecule has 0 heterocycles. The Morgan fingerprint density at radius 2 is 1.25 bits per heavy atom. The predicted octanol–water partition coefficient (Wildman–Crippen LogP) is 1.66. The van der Waals surface area contributed by atoms with Gasteiger partial charge in [-0.2, -0.15) is 0 Å². The molecule has 0 saturated carbocycles. The van der Waals surface area contributed by atoms with Crippen LogP contribution >= 0.6 is 0 Å². The maximum absolute atomic E-state index is 8.42. The molecule has 2 nitrogen and oxygen atoms in total. The summed E-state index contributed by atoms with van der Waals surface area (Å²) in [6.07, 6.45) is 0. The van der Waals surface area contributed by atoms with Crippen LogP contribution in [0.3, 0.4) is 0 Å². The zero-order chi connectivity index (χ0) is 6.57. The minimum absolute atomic E-state index is 0.0124. The first kappa shape index (κ1) is 6.90.